The molecule has 1 fully saturated rings. The molecule has 120 valence electrons. The van der Waals surface area contributed by atoms with E-state index in [1.807, 2.05) is 12.1 Å². The lowest BCUT2D eigenvalue weighted by molar-refractivity contribution is 0.0985. The summed E-state index contributed by atoms with van der Waals surface area (Å²) < 4.78 is 0. The maximum absolute atomic E-state index is 9.62. The second-order valence-electron chi connectivity index (χ2n) is 6.48. The van der Waals surface area contributed by atoms with E-state index in [0.717, 1.165) is 5.71 Å². The first-order valence-corrected chi connectivity index (χ1v) is 8.18. The zero-order valence-electron chi connectivity index (χ0n) is 13.9. The highest BCUT2D eigenvalue weighted by molar-refractivity contribution is 5.90. The third-order valence-corrected chi connectivity index (χ3v) is 5.16. The number of oxime groups is 1. The average molecular weight is 308 g/mol. The molecule has 0 saturated carbocycles. The Morgan fingerprint density at radius 3 is 1.52 bits per heavy atom. The van der Waals surface area contributed by atoms with Crippen molar-refractivity contribution >= 4 is 5.71 Å². The van der Waals surface area contributed by atoms with E-state index in [4.69, 9.17) is 0 Å². The summed E-state index contributed by atoms with van der Waals surface area (Å²) in [4.78, 5) is 2.43. The highest BCUT2D eigenvalue weighted by Gasteiger charge is 2.43. The van der Waals surface area contributed by atoms with Gasteiger partial charge in [0.2, 0.25) is 0 Å². The SMILES string of the molecule is C[C@@H]1C(=NO)[C@H](C)[C@@H](c2ccccc2)N(C)[C@H]1c1ccccc1. The van der Waals surface area contributed by atoms with Crippen LogP contribution in [0.15, 0.2) is 65.8 Å². The van der Waals surface area contributed by atoms with Crippen molar-refractivity contribution in [3.05, 3.63) is 71.8 Å². The van der Waals surface area contributed by atoms with Crippen LogP contribution in [0, 0.1) is 11.8 Å². The molecule has 4 atom stereocenters. The molecular weight excluding hydrogens is 284 g/mol. The lowest BCUT2D eigenvalue weighted by Crippen LogP contribution is -2.47. The minimum Gasteiger partial charge on any atom is -0.411 e. The normalized spacial score (nSPS) is 30.5. The second kappa shape index (κ2) is 6.55. The number of nitrogens with zero attached hydrogens (tertiary/aromatic N) is 2. The van der Waals surface area contributed by atoms with Crippen LogP contribution in [0.2, 0.25) is 0 Å². The van der Waals surface area contributed by atoms with Crippen molar-refractivity contribution in [3.63, 3.8) is 0 Å². The minimum absolute atomic E-state index is 0.169. The summed E-state index contributed by atoms with van der Waals surface area (Å²) in [5.41, 5.74) is 3.40. The second-order valence-corrected chi connectivity index (χ2v) is 6.48. The molecule has 1 saturated heterocycles. The van der Waals surface area contributed by atoms with E-state index in [0.29, 0.717) is 0 Å². The van der Waals surface area contributed by atoms with E-state index in [1.54, 1.807) is 0 Å². The quantitative estimate of drug-likeness (QED) is 0.654. The van der Waals surface area contributed by atoms with Gasteiger partial charge in [-0.2, -0.15) is 0 Å². The lowest BCUT2D eigenvalue weighted by atomic mass is 9.74. The molecule has 1 aliphatic rings. The van der Waals surface area contributed by atoms with Crippen molar-refractivity contribution < 1.29 is 5.21 Å². The van der Waals surface area contributed by atoms with Crippen LogP contribution in [0.5, 0.6) is 0 Å². The first kappa shape index (κ1) is 15.8. The fourth-order valence-corrected chi connectivity index (χ4v) is 4.15. The van der Waals surface area contributed by atoms with Gasteiger partial charge >= 0.3 is 0 Å². The number of piperidine rings is 1. The Labute approximate surface area is 138 Å². The molecule has 0 unspecified atom stereocenters. The molecule has 0 bridgehead atoms. The van der Waals surface area contributed by atoms with Gasteiger partial charge in [-0.3, -0.25) is 4.90 Å². The van der Waals surface area contributed by atoms with E-state index in [-0.39, 0.29) is 23.9 Å². The van der Waals surface area contributed by atoms with Crippen LogP contribution in [-0.4, -0.2) is 22.9 Å². The van der Waals surface area contributed by atoms with Crippen molar-refractivity contribution in [2.75, 3.05) is 7.05 Å². The third-order valence-electron chi connectivity index (χ3n) is 5.16. The number of rotatable bonds is 2. The fraction of sp³-hybridized carbons (Fsp3) is 0.350. The molecule has 1 heterocycles. The first-order valence-electron chi connectivity index (χ1n) is 8.18. The Balaban J connectivity index is 2.07. The van der Waals surface area contributed by atoms with E-state index in [1.165, 1.54) is 11.1 Å². The van der Waals surface area contributed by atoms with Gasteiger partial charge in [0.1, 0.15) is 0 Å². The van der Waals surface area contributed by atoms with Crippen LogP contribution in [0.4, 0.5) is 0 Å². The Kier molecular flexibility index (Phi) is 4.49. The molecular formula is C20H24N2O. The molecule has 0 amide bonds. The third kappa shape index (κ3) is 2.77. The van der Waals surface area contributed by atoms with Crippen LogP contribution in [0.3, 0.4) is 0 Å². The van der Waals surface area contributed by atoms with E-state index >= 15 is 0 Å². The molecule has 2 aromatic carbocycles. The summed E-state index contributed by atoms with van der Waals surface area (Å²) in [6.07, 6.45) is 0. The molecule has 2 aromatic rings. The fourth-order valence-electron chi connectivity index (χ4n) is 4.15. The monoisotopic (exact) mass is 308 g/mol. The molecule has 1 N–H and O–H groups in total. The zero-order valence-corrected chi connectivity index (χ0v) is 13.9. The first-order chi connectivity index (χ1) is 11.1. The number of hydrogen-bond donors (Lipinski definition) is 1. The maximum atomic E-state index is 9.62. The molecule has 23 heavy (non-hydrogen) atoms. The van der Waals surface area contributed by atoms with Gasteiger partial charge in [-0.25, -0.2) is 0 Å². The van der Waals surface area contributed by atoms with Gasteiger partial charge in [0.25, 0.3) is 0 Å². The predicted molar refractivity (Wildman–Crippen MR) is 93.7 cm³/mol. The van der Waals surface area contributed by atoms with Crippen LogP contribution < -0.4 is 0 Å². The molecule has 0 spiro atoms. The van der Waals surface area contributed by atoms with Crippen molar-refractivity contribution in [2.24, 2.45) is 17.0 Å². The Hall–Kier alpha value is -2.13. The summed E-state index contributed by atoms with van der Waals surface area (Å²) in [5.74, 6) is 0.338. The molecule has 1 aliphatic heterocycles. The molecule has 0 radical (unpaired) electrons. The van der Waals surface area contributed by atoms with Crippen molar-refractivity contribution in [1.29, 1.82) is 0 Å². The van der Waals surface area contributed by atoms with Crippen LogP contribution >= 0.6 is 0 Å². The predicted octanol–water partition coefficient (Wildman–Crippen LogP) is 4.52. The average Bonchev–Trinajstić information content (AvgIpc) is 2.57. The van der Waals surface area contributed by atoms with Gasteiger partial charge in [-0.1, -0.05) is 79.7 Å². The molecule has 0 aromatic heterocycles. The number of benzene rings is 2. The van der Waals surface area contributed by atoms with Gasteiger partial charge in [-0.15, -0.1) is 0 Å². The lowest BCUT2D eigenvalue weighted by Gasteiger charge is -2.47. The zero-order chi connectivity index (χ0) is 16.4. The Bertz CT molecular complexity index is 613. The van der Waals surface area contributed by atoms with E-state index < -0.39 is 0 Å². The van der Waals surface area contributed by atoms with Crippen LogP contribution in [0.1, 0.15) is 37.1 Å². The smallest absolute Gasteiger partial charge is 0.0665 e. The highest BCUT2D eigenvalue weighted by atomic mass is 16.4. The van der Waals surface area contributed by atoms with Crippen LogP contribution in [-0.2, 0) is 0 Å². The van der Waals surface area contributed by atoms with Crippen molar-refractivity contribution in [1.82, 2.24) is 4.90 Å². The van der Waals surface area contributed by atoms with Crippen LogP contribution in [0.25, 0.3) is 0 Å². The summed E-state index contributed by atoms with van der Waals surface area (Å²) >= 11 is 0. The van der Waals surface area contributed by atoms with Crippen molar-refractivity contribution in [2.45, 2.75) is 25.9 Å². The largest absolute Gasteiger partial charge is 0.411 e. The molecule has 0 aliphatic carbocycles. The standard InChI is InChI=1S/C20H24N2O/c1-14-18(21-23)15(2)20(17-12-8-5-9-13-17)22(3)19(14)16-10-6-4-7-11-16/h4-15,19-20,23H,1-3H3/t14-,15+,19-,20+. The Morgan fingerprint density at radius 1 is 0.783 bits per heavy atom. The van der Waals surface area contributed by atoms with Gasteiger partial charge in [0.15, 0.2) is 0 Å². The summed E-state index contributed by atoms with van der Waals surface area (Å²) in [7, 11) is 2.18. The van der Waals surface area contributed by atoms with E-state index in [2.05, 4.69) is 79.5 Å². The molecule has 3 nitrogen and oxygen atoms in total. The maximum Gasteiger partial charge on any atom is 0.0665 e. The number of likely N-dealkylation sites (tertiary alicyclic amines) is 1. The molecule has 3 heteroatoms. The summed E-state index contributed by atoms with van der Waals surface area (Å²) in [5, 5.41) is 13.3. The molecule has 3 rings (SSSR count). The van der Waals surface area contributed by atoms with Gasteiger partial charge in [0.05, 0.1) is 5.71 Å². The van der Waals surface area contributed by atoms with Gasteiger partial charge < -0.3 is 5.21 Å². The van der Waals surface area contributed by atoms with Gasteiger partial charge in [0, 0.05) is 23.9 Å². The van der Waals surface area contributed by atoms with Gasteiger partial charge in [-0.05, 0) is 18.2 Å². The summed E-state index contributed by atoms with van der Waals surface area (Å²) in [6.45, 7) is 4.31. The topological polar surface area (TPSA) is 35.8 Å². The van der Waals surface area contributed by atoms with E-state index in [9.17, 15) is 5.21 Å². The summed E-state index contributed by atoms with van der Waals surface area (Å²) in [6, 6.07) is 21.4. The number of hydrogen-bond acceptors (Lipinski definition) is 3. The minimum atomic E-state index is 0.169. The van der Waals surface area contributed by atoms with Crippen molar-refractivity contribution in [3.8, 4) is 0 Å². The highest BCUT2D eigenvalue weighted by Crippen LogP contribution is 2.45. The Morgan fingerprint density at radius 2 is 1.17 bits per heavy atom.